The molecule has 72 valence electrons. The number of halogens is 1. The first-order valence-corrected chi connectivity index (χ1v) is 5.68. The number of hydrogen-bond acceptors (Lipinski definition) is 3. The van der Waals surface area contributed by atoms with Crippen molar-refractivity contribution in [1.82, 2.24) is 4.98 Å². The maximum atomic E-state index is 5.10. The quantitative estimate of drug-likeness (QED) is 0.780. The van der Waals surface area contributed by atoms with Crippen molar-refractivity contribution in [2.45, 2.75) is 24.1 Å². The van der Waals surface area contributed by atoms with Crippen LogP contribution in [0.1, 0.15) is 13.8 Å². The zero-order chi connectivity index (χ0) is 9.84. The molecule has 0 aliphatic heterocycles. The van der Waals surface area contributed by atoms with E-state index < -0.39 is 0 Å². The molecule has 0 radical (unpaired) electrons. The van der Waals surface area contributed by atoms with E-state index in [9.17, 15) is 0 Å². The van der Waals surface area contributed by atoms with Crippen LogP contribution >= 0.6 is 27.7 Å². The third kappa shape index (κ3) is 3.19. The van der Waals surface area contributed by atoms with Gasteiger partial charge in [-0.15, -0.1) is 11.8 Å². The first-order valence-electron chi connectivity index (χ1n) is 4.00. The predicted octanol–water partition coefficient (Wildman–Crippen LogP) is 3.35. The van der Waals surface area contributed by atoms with Crippen LogP contribution in [0.25, 0.3) is 0 Å². The number of thioether (sulfide) groups is 1. The highest BCUT2D eigenvalue weighted by molar-refractivity contribution is 9.10. The van der Waals surface area contributed by atoms with Crippen LogP contribution in [-0.2, 0) is 0 Å². The SMILES string of the molecule is COc1nc(SC(C)C)ccc1Br. The lowest BCUT2D eigenvalue weighted by molar-refractivity contribution is 0.391. The molecule has 0 aliphatic carbocycles. The highest BCUT2D eigenvalue weighted by Gasteiger charge is 2.05. The summed E-state index contributed by atoms with van der Waals surface area (Å²) in [6, 6.07) is 3.94. The minimum atomic E-state index is 0.540. The second kappa shape index (κ2) is 4.86. The van der Waals surface area contributed by atoms with Gasteiger partial charge in [0, 0.05) is 5.25 Å². The maximum absolute atomic E-state index is 5.10. The van der Waals surface area contributed by atoms with Crippen molar-refractivity contribution in [3.05, 3.63) is 16.6 Å². The second-order valence-corrected chi connectivity index (χ2v) is 5.26. The molecule has 1 aromatic rings. The number of aromatic nitrogens is 1. The van der Waals surface area contributed by atoms with Gasteiger partial charge in [0.1, 0.15) is 5.03 Å². The number of hydrogen-bond donors (Lipinski definition) is 0. The van der Waals surface area contributed by atoms with E-state index in [4.69, 9.17) is 4.74 Å². The molecule has 0 N–H and O–H groups in total. The van der Waals surface area contributed by atoms with Gasteiger partial charge in [0.25, 0.3) is 0 Å². The zero-order valence-corrected chi connectivity index (χ0v) is 10.3. The van der Waals surface area contributed by atoms with Crippen molar-refractivity contribution in [2.75, 3.05) is 7.11 Å². The Morgan fingerprint density at radius 3 is 2.69 bits per heavy atom. The van der Waals surface area contributed by atoms with Crippen molar-refractivity contribution >= 4 is 27.7 Å². The molecule has 4 heteroatoms. The fourth-order valence-electron chi connectivity index (χ4n) is 0.857. The van der Waals surface area contributed by atoms with Crippen LogP contribution in [-0.4, -0.2) is 17.3 Å². The molecule has 0 amide bonds. The largest absolute Gasteiger partial charge is 0.480 e. The van der Waals surface area contributed by atoms with E-state index in [0.29, 0.717) is 11.1 Å². The molecule has 0 atom stereocenters. The van der Waals surface area contributed by atoms with Crippen molar-refractivity contribution in [2.24, 2.45) is 0 Å². The fraction of sp³-hybridized carbons (Fsp3) is 0.444. The Bertz CT molecular complexity index is 291. The lowest BCUT2D eigenvalue weighted by Crippen LogP contribution is -1.93. The minimum Gasteiger partial charge on any atom is -0.480 e. The van der Waals surface area contributed by atoms with Crippen molar-refractivity contribution in [3.63, 3.8) is 0 Å². The summed E-state index contributed by atoms with van der Waals surface area (Å²) >= 11 is 5.08. The molecule has 0 bridgehead atoms. The van der Waals surface area contributed by atoms with E-state index in [1.165, 1.54) is 0 Å². The molecule has 0 aliphatic rings. The highest BCUT2D eigenvalue weighted by Crippen LogP contribution is 2.28. The summed E-state index contributed by atoms with van der Waals surface area (Å²) in [5.74, 6) is 0.644. The summed E-state index contributed by atoms with van der Waals surface area (Å²) in [4.78, 5) is 4.32. The number of rotatable bonds is 3. The van der Waals surface area contributed by atoms with E-state index in [-0.39, 0.29) is 0 Å². The van der Waals surface area contributed by atoms with E-state index in [1.54, 1.807) is 18.9 Å². The molecular weight excluding hydrogens is 250 g/mol. The lowest BCUT2D eigenvalue weighted by atomic mass is 10.5. The Morgan fingerprint density at radius 2 is 2.15 bits per heavy atom. The second-order valence-electron chi connectivity index (χ2n) is 2.81. The molecule has 0 fully saturated rings. The van der Waals surface area contributed by atoms with Gasteiger partial charge in [0.15, 0.2) is 0 Å². The smallest absolute Gasteiger partial charge is 0.228 e. The molecular formula is C9H12BrNOS. The number of methoxy groups -OCH3 is 1. The van der Waals surface area contributed by atoms with Gasteiger partial charge in [-0.1, -0.05) is 13.8 Å². The Morgan fingerprint density at radius 1 is 1.46 bits per heavy atom. The molecule has 0 saturated carbocycles. The molecule has 1 heterocycles. The van der Waals surface area contributed by atoms with Gasteiger partial charge >= 0.3 is 0 Å². The van der Waals surface area contributed by atoms with E-state index >= 15 is 0 Å². The normalized spacial score (nSPS) is 10.5. The first kappa shape index (κ1) is 10.9. The maximum Gasteiger partial charge on any atom is 0.228 e. The average molecular weight is 262 g/mol. The minimum absolute atomic E-state index is 0.540. The molecule has 0 saturated heterocycles. The summed E-state index contributed by atoms with van der Waals surface area (Å²) in [6.45, 7) is 4.28. The monoisotopic (exact) mass is 261 g/mol. The lowest BCUT2D eigenvalue weighted by Gasteiger charge is -2.06. The van der Waals surface area contributed by atoms with Crippen LogP contribution in [0.15, 0.2) is 21.6 Å². The molecule has 0 aromatic carbocycles. The topological polar surface area (TPSA) is 22.1 Å². The standard InChI is InChI=1S/C9H12BrNOS/c1-6(2)13-8-5-4-7(10)9(11-8)12-3/h4-6H,1-3H3. The van der Waals surface area contributed by atoms with Gasteiger partial charge in [0.2, 0.25) is 5.88 Å². The van der Waals surface area contributed by atoms with E-state index in [2.05, 4.69) is 34.8 Å². The van der Waals surface area contributed by atoms with E-state index in [0.717, 1.165) is 9.50 Å². The van der Waals surface area contributed by atoms with Crippen LogP contribution in [0.3, 0.4) is 0 Å². The van der Waals surface area contributed by atoms with Gasteiger partial charge in [0.05, 0.1) is 11.6 Å². The number of ether oxygens (including phenoxy) is 1. The van der Waals surface area contributed by atoms with Gasteiger partial charge in [-0.05, 0) is 28.1 Å². The van der Waals surface area contributed by atoms with Gasteiger partial charge < -0.3 is 4.74 Å². The summed E-state index contributed by atoms with van der Waals surface area (Å²) in [6.07, 6.45) is 0. The van der Waals surface area contributed by atoms with Gasteiger partial charge in [-0.25, -0.2) is 4.98 Å². The number of nitrogens with zero attached hydrogens (tertiary/aromatic N) is 1. The van der Waals surface area contributed by atoms with Crippen molar-refractivity contribution in [1.29, 1.82) is 0 Å². The summed E-state index contributed by atoms with van der Waals surface area (Å²) in [5, 5.41) is 1.54. The third-order valence-corrected chi connectivity index (χ3v) is 2.88. The third-order valence-electron chi connectivity index (χ3n) is 1.34. The van der Waals surface area contributed by atoms with Gasteiger partial charge in [-0.2, -0.15) is 0 Å². The van der Waals surface area contributed by atoms with Crippen LogP contribution < -0.4 is 4.74 Å². The molecule has 13 heavy (non-hydrogen) atoms. The molecule has 2 nitrogen and oxygen atoms in total. The Hall–Kier alpha value is -0.220. The molecule has 1 aromatic heterocycles. The zero-order valence-electron chi connectivity index (χ0n) is 7.87. The van der Waals surface area contributed by atoms with Gasteiger partial charge in [-0.3, -0.25) is 0 Å². The van der Waals surface area contributed by atoms with Crippen LogP contribution in [0.2, 0.25) is 0 Å². The first-order chi connectivity index (χ1) is 6.13. The van der Waals surface area contributed by atoms with E-state index in [1.807, 2.05) is 12.1 Å². The predicted molar refractivity (Wildman–Crippen MR) is 59.5 cm³/mol. The summed E-state index contributed by atoms with van der Waals surface area (Å²) < 4.78 is 5.99. The summed E-state index contributed by atoms with van der Waals surface area (Å²) in [7, 11) is 1.62. The Labute approximate surface area is 91.2 Å². The summed E-state index contributed by atoms with van der Waals surface area (Å²) in [5.41, 5.74) is 0. The molecule has 1 rings (SSSR count). The van der Waals surface area contributed by atoms with Crippen LogP contribution in [0.5, 0.6) is 5.88 Å². The molecule has 0 spiro atoms. The fourth-order valence-corrected chi connectivity index (χ4v) is 2.00. The van der Waals surface area contributed by atoms with Crippen LogP contribution in [0, 0.1) is 0 Å². The average Bonchev–Trinajstić information content (AvgIpc) is 2.07. The molecule has 0 unspecified atom stereocenters. The Balaban J connectivity index is 2.86. The number of pyridine rings is 1. The van der Waals surface area contributed by atoms with Crippen molar-refractivity contribution in [3.8, 4) is 5.88 Å². The van der Waals surface area contributed by atoms with Crippen molar-refractivity contribution < 1.29 is 4.74 Å². The Kier molecular flexibility index (Phi) is 4.06. The van der Waals surface area contributed by atoms with Crippen LogP contribution in [0.4, 0.5) is 0 Å². The highest BCUT2D eigenvalue weighted by atomic mass is 79.9.